The number of anilines is 1. The third-order valence-corrected chi connectivity index (χ3v) is 8.32. The summed E-state index contributed by atoms with van der Waals surface area (Å²) in [6, 6.07) is 9.85. The van der Waals surface area contributed by atoms with Crippen LogP contribution in [0.2, 0.25) is 0 Å². The number of nitrogens with zero attached hydrogens (tertiary/aromatic N) is 2. The summed E-state index contributed by atoms with van der Waals surface area (Å²) in [6.07, 6.45) is 3.53. The van der Waals surface area contributed by atoms with Gasteiger partial charge in [-0.25, -0.2) is 13.6 Å². The van der Waals surface area contributed by atoms with Crippen LogP contribution in [0, 0.1) is 23.5 Å². The van der Waals surface area contributed by atoms with E-state index in [0.29, 0.717) is 12.5 Å². The fraction of sp³-hybridized carbons (Fsp3) is 0.500. The van der Waals surface area contributed by atoms with Crippen molar-refractivity contribution in [3.63, 3.8) is 0 Å². The van der Waals surface area contributed by atoms with Gasteiger partial charge in [0.15, 0.2) is 11.6 Å². The summed E-state index contributed by atoms with van der Waals surface area (Å²) in [5.41, 5.74) is 2.56. The highest BCUT2D eigenvalue weighted by Gasteiger charge is 2.39. The lowest BCUT2D eigenvalue weighted by atomic mass is 9.87. The smallest absolute Gasteiger partial charge is 0.341 e. The molecule has 0 bridgehead atoms. The molecule has 232 valence electrons. The molecule has 4 amide bonds. The molecule has 2 aliphatic rings. The van der Waals surface area contributed by atoms with Crippen LogP contribution in [0.4, 0.5) is 19.3 Å². The van der Waals surface area contributed by atoms with Crippen molar-refractivity contribution >= 4 is 29.2 Å². The average molecular weight is 598 g/mol. The third-order valence-electron chi connectivity index (χ3n) is 8.32. The van der Waals surface area contributed by atoms with E-state index < -0.39 is 29.6 Å². The second-order valence-electron chi connectivity index (χ2n) is 11.3. The lowest BCUT2D eigenvalue weighted by Gasteiger charge is -2.33. The van der Waals surface area contributed by atoms with Gasteiger partial charge in [0.1, 0.15) is 5.92 Å². The summed E-state index contributed by atoms with van der Waals surface area (Å²) >= 11 is 0. The molecule has 0 aromatic heterocycles. The SMILES string of the molecule is CCC(C)C(=O)Nc1cccc(C2CCN(CCCNC(=O)C3C(COC)=NC(=O)NC3c3ccc(F)c(F)c3)CC2)c1. The first kappa shape index (κ1) is 32.2. The molecule has 0 radical (unpaired) electrons. The Balaban J connectivity index is 1.28. The Bertz CT molecular complexity index is 1330. The van der Waals surface area contributed by atoms with Gasteiger partial charge < -0.3 is 25.6 Å². The fourth-order valence-electron chi connectivity index (χ4n) is 5.63. The van der Waals surface area contributed by atoms with E-state index in [1.165, 1.54) is 18.7 Å². The quantitative estimate of drug-likeness (QED) is 0.304. The molecule has 2 heterocycles. The normalized spacial score (nSPS) is 20.2. The number of ether oxygens (including phenoxy) is 1. The molecule has 3 N–H and O–H groups in total. The zero-order chi connectivity index (χ0) is 30.9. The first-order chi connectivity index (χ1) is 20.7. The molecule has 4 rings (SSSR count). The van der Waals surface area contributed by atoms with Gasteiger partial charge in [0, 0.05) is 25.3 Å². The highest BCUT2D eigenvalue weighted by Crippen LogP contribution is 2.31. The first-order valence-corrected chi connectivity index (χ1v) is 14.9. The van der Waals surface area contributed by atoms with Gasteiger partial charge in [0.05, 0.1) is 18.4 Å². The van der Waals surface area contributed by atoms with Crippen LogP contribution < -0.4 is 16.0 Å². The van der Waals surface area contributed by atoms with Crippen LogP contribution in [0.5, 0.6) is 0 Å². The minimum atomic E-state index is -1.06. The Hall–Kier alpha value is -3.70. The Morgan fingerprint density at radius 1 is 1.12 bits per heavy atom. The number of carbonyl (C=O) groups excluding carboxylic acids is 3. The van der Waals surface area contributed by atoms with E-state index in [1.807, 2.05) is 26.0 Å². The maximum atomic E-state index is 14.0. The Morgan fingerprint density at radius 2 is 1.88 bits per heavy atom. The van der Waals surface area contributed by atoms with Crippen LogP contribution in [0.25, 0.3) is 0 Å². The van der Waals surface area contributed by atoms with Gasteiger partial charge in [0.25, 0.3) is 0 Å². The average Bonchev–Trinajstić information content (AvgIpc) is 3.00. The predicted octanol–water partition coefficient (Wildman–Crippen LogP) is 4.80. The maximum Gasteiger partial charge on any atom is 0.341 e. The van der Waals surface area contributed by atoms with Crippen LogP contribution in [0.3, 0.4) is 0 Å². The number of piperidine rings is 1. The van der Waals surface area contributed by atoms with Crippen molar-refractivity contribution in [2.24, 2.45) is 16.8 Å². The number of methoxy groups -OCH3 is 1. The minimum Gasteiger partial charge on any atom is -0.379 e. The molecule has 11 heteroatoms. The summed E-state index contributed by atoms with van der Waals surface area (Å²) in [6.45, 7) is 6.96. The van der Waals surface area contributed by atoms with Gasteiger partial charge in [-0.3, -0.25) is 9.59 Å². The third kappa shape index (κ3) is 8.45. The number of benzene rings is 2. The molecule has 3 unspecified atom stereocenters. The van der Waals surface area contributed by atoms with Crippen molar-refractivity contribution in [1.82, 2.24) is 15.5 Å². The highest BCUT2D eigenvalue weighted by atomic mass is 19.2. The van der Waals surface area contributed by atoms with Gasteiger partial charge in [-0.2, -0.15) is 4.99 Å². The molecule has 1 saturated heterocycles. The second kappa shape index (κ2) is 15.2. The zero-order valence-electron chi connectivity index (χ0n) is 25.0. The number of likely N-dealkylation sites (tertiary alicyclic amines) is 1. The summed E-state index contributed by atoms with van der Waals surface area (Å²) in [5.74, 6) is -2.94. The number of hydrogen-bond donors (Lipinski definition) is 3. The van der Waals surface area contributed by atoms with Crippen molar-refractivity contribution in [2.75, 3.05) is 45.2 Å². The number of rotatable bonds is 12. The predicted molar refractivity (Wildman–Crippen MR) is 161 cm³/mol. The summed E-state index contributed by atoms with van der Waals surface area (Å²) in [4.78, 5) is 44.1. The molecule has 0 spiro atoms. The van der Waals surface area contributed by atoms with Crippen molar-refractivity contribution in [1.29, 1.82) is 0 Å². The van der Waals surface area contributed by atoms with Gasteiger partial charge in [0.2, 0.25) is 11.8 Å². The number of urea groups is 1. The summed E-state index contributed by atoms with van der Waals surface area (Å²) in [5, 5.41) is 8.58. The molecule has 0 aliphatic carbocycles. The van der Waals surface area contributed by atoms with Gasteiger partial charge >= 0.3 is 6.03 Å². The van der Waals surface area contributed by atoms with Crippen molar-refractivity contribution in [3.05, 3.63) is 65.2 Å². The molecule has 43 heavy (non-hydrogen) atoms. The Labute approximate surface area is 251 Å². The van der Waals surface area contributed by atoms with Crippen molar-refractivity contribution < 1.29 is 27.9 Å². The topological polar surface area (TPSA) is 112 Å². The molecular formula is C32H41F2N5O4. The Morgan fingerprint density at radius 3 is 2.58 bits per heavy atom. The molecule has 2 aromatic rings. The van der Waals surface area contributed by atoms with E-state index in [1.54, 1.807) is 0 Å². The number of carbonyl (C=O) groups is 3. The van der Waals surface area contributed by atoms with Gasteiger partial charge in [-0.05, 0) is 86.6 Å². The zero-order valence-corrected chi connectivity index (χ0v) is 25.0. The standard InChI is InChI=1S/C32H41F2N5O4/c1-4-20(2)30(40)36-24-8-5-7-22(17-24)21-11-15-39(16-12-21)14-6-13-35-31(41)28-27(19-43-3)37-32(42)38-29(28)23-9-10-25(33)26(34)18-23/h5,7-10,17-18,20-21,28-29H,4,6,11-16,19H2,1-3H3,(H,35,41)(H,36,40)(H,38,42). The molecule has 1 fully saturated rings. The number of aliphatic imine (C=N–C) groups is 1. The van der Waals surface area contributed by atoms with E-state index in [-0.39, 0.29) is 35.6 Å². The molecule has 3 atom stereocenters. The molecular weight excluding hydrogens is 556 g/mol. The molecule has 9 nitrogen and oxygen atoms in total. The molecule has 0 saturated carbocycles. The fourth-order valence-corrected chi connectivity index (χ4v) is 5.63. The summed E-state index contributed by atoms with van der Waals surface area (Å²) < 4.78 is 32.7. The van der Waals surface area contributed by atoms with Gasteiger partial charge in [-0.1, -0.05) is 32.0 Å². The van der Waals surface area contributed by atoms with E-state index >= 15 is 0 Å². The minimum absolute atomic E-state index is 0.0263. The number of amides is 4. The number of halogens is 2. The Kier molecular flexibility index (Phi) is 11.4. The van der Waals surface area contributed by atoms with Crippen LogP contribution in [-0.4, -0.2) is 68.4 Å². The lowest BCUT2D eigenvalue weighted by Crippen LogP contribution is -2.49. The lowest BCUT2D eigenvalue weighted by molar-refractivity contribution is -0.124. The number of nitrogens with one attached hydrogen (secondary N) is 3. The van der Waals surface area contributed by atoms with Crippen LogP contribution >= 0.6 is 0 Å². The first-order valence-electron chi connectivity index (χ1n) is 14.9. The summed E-state index contributed by atoms with van der Waals surface area (Å²) in [7, 11) is 1.43. The second-order valence-corrected chi connectivity index (χ2v) is 11.3. The van der Waals surface area contributed by atoms with Gasteiger partial charge in [-0.15, -0.1) is 0 Å². The van der Waals surface area contributed by atoms with E-state index in [4.69, 9.17) is 4.74 Å². The largest absolute Gasteiger partial charge is 0.379 e. The van der Waals surface area contributed by atoms with E-state index in [9.17, 15) is 23.2 Å². The van der Waals surface area contributed by atoms with Crippen molar-refractivity contribution in [2.45, 2.75) is 51.5 Å². The van der Waals surface area contributed by atoms with Crippen molar-refractivity contribution in [3.8, 4) is 0 Å². The van der Waals surface area contributed by atoms with Crippen LogP contribution in [-0.2, 0) is 14.3 Å². The maximum absolute atomic E-state index is 14.0. The van der Waals surface area contributed by atoms with Crippen LogP contribution in [0.15, 0.2) is 47.5 Å². The number of hydrogen-bond acceptors (Lipinski definition) is 5. The molecule has 2 aromatic carbocycles. The van der Waals surface area contributed by atoms with Crippen LogP contribution in [0.1, 0.15) is 62.6 Å². The molecule has 2 aliphatic heterocycles. The van der Waals surface area contributed by atoms with E-state index in [0.717, 1.165) is 63.1 Å². The highest BCUT2D eigenvalue weighted by molar-refractivity contribution is 6.11. The van der Waals surface area contributed by atoms with E-state index in [2.05, 4.69) is 38.0 Å². The monoisotopic (exact) mass is 597 g/mol.